The first-order valence-electron chi connectivity index (χ1n) is 27.3. The molecule has 13 aromatic rings. The largest absolute Gasteiger partial charge is 0.310 e. The van der Waals surface area contributed by atoms with Crippen LogP contribution < -0.4 is 4.90 Å². The Kier molecular flexibility index (Phi) is 9.63. The van der Waals surface area contributed by atoms with Crippen molar-refractivity contribution in [3.8, 4) is 72.4 Å². The van der Waals surface area contributed by atoms with Gasteiger partial charge in [-0.15, -0.1) is 0 Å². The minimum Gasteiger partial charge on any atom is -0.310 e. The molecule has 0 N–H and O–H groups in total. The molecule has 78 heavy (non-hydrogen) atoms. The van der Waals surface area contributed by atoms with Gasteiger partial charge < -0.3 is 9.47 Å². The van der Waals surface area contributed by atoms with Crippen LogP contribution in [-0.2, 0) is 10.8 Å². The van der Waals surface area contributed by atoms with Crippen molar-refractivity contribution in [2.45, 2.75) is 24.7 Å². The number of aromatic nitrogens is 1. The first kappa shape index (κ1) is 44.5. The monoisotopic (exact) mass is 992 g/mol. The Morgan fingerprint density at radius 1 is 0.269 bits per heavy atom. The molecule has 366 valence electrons. The fraction of sp³-hybridized carbons (Fsp3) is 0.0526. The summed E-state index contributed by atoms with van der Waals surface area (Å²) in [6.07, 6.45) is 0. The van der Waals surface area contributed by atoms with Gasteiger partial charge in [0.2, 0.25) is 0 Å². The van der Waals surface area contributed by atoms with Crippen LogP contribution in [0.2, 0.25) is 0 Å². The van der Waals surface area contributed by atoms with Crippen molar-refractivity contribution >= 4 is 38.9 Å². The molecule has 0 radical (unpaired) electrons. The summed E-state index contributed by atoms with van der Waals surface area (Å²) in [5.41, 5.74) is 29.4. The van der Waals surface area contributed by atoms with Crippen LogP contribution in [0.4, 0.5) is 17.1 Å². The highest BCUT2D eigenvalue weighted by Gasteiger charge is 2.51. The summed E-state index contributed by atoms with van der Waals surface area (Å²) >= 11 is 0. The van der Waals surface area contributed by atoms with E-state index in [0.717, 1.165) is 28.3 Å². The number of hydrogen-bond donors (Lipinski definition) is 0. The average Bonchev–Trinajstić information content (AvgIpc) is 3.38. The van der Waals surface area contributed by atoms with Crippen molar-refractivity contribution in [1.29, 1.82) is 0 Å². The fourth-order valence-corrected chi connectivity index (χ4v) is 14.1. The zero-order valence-corrected chi connectivity index (χ0v) is 43.5. The molecule has 3 aliphatic carbocycles. The number of fused-ring (bicyclic) bond motifs is 16. The van der Waals surface area contributed by atoms with Crippen molar-refractivity contribution in [1.82, 2.24) is 4.57 Å². The molecule has 1 aromatic heterocycles. The van der Waals surface area contributed by atoms with E-state index in [2.05, 4.69) is 302 Å². The molecule has 2 nitrogen and oxygen atoms in total. The van der Waals surface area contributed by atoms with E-state index in [1.165, 1.54) is 116 Å². The highest BCUT2D eigenvalue weighted by molar-refractivity contribution is 6.11. The SMILES string of the molecule is CC1(C)c2ccccc2-c2ccc(N(c3ccc(-c4ccccc4)cc3)c3ccc4c5ccccc5n(-c5ccc(-c6ccc7c(c6)-c6ccccc6C76c7ccccc7-c7ccccc76)cc5-c5ccccc5)c4c3)cc21. The van der Waals surface area contributed by atoms with Gasteiger partial charge in [-0.05, 0) is 155 Å². The Morgan fingerprint density at radius 3 is 1.40 bits per heavy atom. The number of nitrogens with zero attached hydrogens (tertiary/aromatic N) is 2. The van der Waals surface area contributed by atoms with Gasteiger partial charge in [0.1, 0.15) is 0 Å². The first-order chi connectivity index (χ1) is 38.4. The molecule has 0 unspecified atom stereocenters. The van der Waals surface area contributed by atoms with E-state index < -0.39 is 0 Å². The number of benzene rings is 12. The topological polar surface area (TPSA) is 8.17 Å². The third-order valence-electron chi connectivity index (χ3n) is 17.6. The van der Waals surface area contributed by atoms with E-state index in [0.29, 0.717) is 0 Å². The lowest BCUT2D eigenvalue weighted by molar-refractivity contribution is 0.660. The van der Waals surface area contributed by atoms with Crippen molar-refractivity contribution in [2.75, 3.05) is 4.90 Å². The predicted molar refractivity (Wildman–Crippen MR) is 326 cm³/mol. The highest BCUT2D eigenvalue weighted by Crippen LogP contribution is 2.63. The van der Waals surface area contributed by atoms with Gasteiger partial charge in [-0.3, -0.25) is 0 Å². The summed E-state index contributed by atoms with van der Waals surface area (Å²) in [7, 11) is 0. The van der Waals surface area contributed by atoms with E-state index in [4.69, 9.17) is 0 Å². The lowest BCUT2D eigenvalue weighted by atomic mass is 9.70. The molecule has 0 aliphatic heterocycles. The molecule has 0 saturated heterocycles. The van der Waals surface area contributed by atoms with Gasteiger partial charge in [0, 0.05) is 38.8 Å². The van der Waals surface area contributed by atoms with Gasteiger partial charge in [0.25, 0.3) is 0 Å². The molecule has 12 aromatic carbocycles. The molecular weight excluding hydrogens is 941 g/mol. The number of para-hydroxylation sites is 1. The van der Waals surface area contributed by atoms with Crippen molar-refractivity contribution in [2.24, 2.45) is 0 Å². The molecular formula is C76H52N2. The third kappa shape index (κ3) is 6.32. The quantitative estimate of drug-likeness (QED) is 0.154. The van der Waals surface area contributed by atoms with Crippen LogP contribution in [0.3, 0.4) is 0 Å². The van der Waals surface area contributed by atoms with E-state index in [-0.39, 0.29) is 10.8 Å². The second-order valence-corrected chi connectivity index (χ2v) is 21.9. The smallest absolute Gasteiger partial charge is 0.0725 e. The molecule has 2 heteroatoms. The molecule has 0 amide bonds. The van der Waals surface area contributed by atoms with E-state index in [1.54, 1.807) is 0 Å². The summed E-state index contributed by atoms with van der Waals surface area (Å²) in [6.45, 7) is 4.74. The third-order valence-corrected chi connectivity index (χ3v) is 17.6. The van der Waals surface area contributed by atoms with Gasteiger partial charge in [-0.1, -0.05) is 232 Å². The normalized spacial score (nSPS) is 13.7. The average molecular weight is 993 g/mol. The van der Waals surface area contributed by atoms with Crippen LogP contribution in [0.15, 0.2) is 279 Å². The molecule has 16 rings (SSSR count). The number of rotatable bonds is 7. The van der Waals surface area contributed by atoms with Crippen molar-refractivity contribution in [3.05, 3.63) is 312 Å². The summed E-state index contributed by atoms with van der Waals surface area (Å²) in [4.78, 5) is 2.45. The zero-order valence-electron chi connectivity index (χ0n) is 43.5. The van der Waals surface area contributed by atoms with Gasteiger partial charge in [0.05, 0.1) is 22.1 Å². The lowest BCUT2D eigenvalue weighted by Crippen LogP contribution is -2.25. The van der Waals surface area contributed by atoms with Gasteiger partial charge in [-0.25, -0.2) is 0 Å². The van der Waals surface area contributed by atoms with Crippen LogP contribution in [0.1, 0.15) is 47.2 Å². The van der Waals surface area contributed by atoms with Gasteiger partial charge in [-0.2, -0.15) is 0 Å². The maximum absolute atomic E-state index is 2.51. The summed E-state index contributed by atoms with van der Waals surface area (Å²) in [5.74, 6) is 0. The second kappa shape index (κ2) is 16.9. The number of hydrogen-bond acceptors (Lipinski definition) is 1. The van der Waals surface area contributed by atoms with Crippen LogP contribution in [0.25, 0.3) is 94.3 Å². The summed E-state index contributed by atoms with van der Waals surface area (Å²) in [6, 6.07) is 104. The molecule has 3 aliphatic rings. The molecule has 0 atom stereocenters. The van der Waals surface area contributed by atoms with Crippen LogP contribution >= 0.6 is 0 Å². The molecule has 0 saturated carbocycles. The number of anilines is 3. The molecule has 1 heterocycles. The Bertz CT molecular complexity index is 4530. The van der Waals surface area contributed by atoms with Gasteiger partial charge in [0.15, 0.2) is 0 Å². The molecule has 0 bridgehead atoms. The Hall–Kier alpha value is -9.76. The van der Waals surface area contributed by atoms with Crippen LogP contribution in [0.5, 0.6) is 0 Å². The maximum atomic E-state index is 2.51. The summed E-state index contributed by atoms with van der Waals surface area (Å²) in [5, 5.41) is 2.43. The van der Waals surface area contributed by atoms with E-state index in [1.807, 2.05) is 0 Å². The Labute approximate surface area is 455 Å². The molecule has 1 spiro atoms. The maximum Gasteiger partial charge on any atom is 0.0725 e. The predicted octanol–water partition coefficient (Wildman–Crippen LogP) is 19.9. The minimum absolute atomic E-state index is 0.151. The Morgan fingerprint density at radius 2 is 0.718 bits per heavy atom. The fourth-order valence-electron chi connectivity index (χ4n) is 14.1. The zero-order chi connectivity index (χ0) is 51.7. The summed E-state index contributed by atoms with van der Waals surface area (Å²) < 4.78 is 2.51. The standard InChI is InChI=1S/C76H52N2/c1-75(2)66-28-14-9-23-57(66)61-41-39-55(47-71(61)75)77(54-37-33-50(34-38-54)49-19-5-3-6-20-49)56-40-42-63-62-27-13-18-32-72(62)78(74(63)48-56)73-44-36-53(45-64(73)51-21-7-4-8-22-51)52-35-43-70-65(46-52)60-26-12-17-31-69(60)76(70)67-29-15-10-24-58(67)59-25-11-16-30-68(59)76/h3-48H,1-2H3. The Balaban J connectivity index is 0.877. The molecule has 0 fully saturated rings. The highest BCUT2D eigenvalue weighted by atomic mass is 15.1. The van der Waals surface area contributed by atoms with E-state index in [9.17, 15) is 0 Å². The van der Waals surface area contributed by atoms with Crippen molar-refractivity contribution in [3.63, 3.8) is 0 Å². The second-order valence-electron chi connectivity index (χ2n) is 21.9. The van der Waals surface area contributed by atoms with E-state index >= 15 is 0 Å². The minimum atomic E-state index is -0.379. The van der Waals surface area contributed by atoms with Crippen LogP contribution in [-0.4, -0.2) is 4.57 Å². The lowest BCUT2D eigenvalue weighted by Gasteiger charge is -2.30. The van der Waals surface area contributed by atoms with Crippen LogP contribution in [0, 0.1) is 0 Å². The first-order valence-corrected chi connectivity index (χ1v) is 27.3. The van der Waals surface area contributed by atoms with Crippen molar-refractivity contribution < 1.29 is 0 Å². The van der Waals surface area contributed by atoms with Gasteiger partial charge >= 0.3 is 0 Å².